The summed E-state index contributed by atoms with van der Waals surface area (Å²) in [4.78, 5) is 28.0. The van der Waals surface area contributed by atoms with E-state index in [-0.39, 0.29) is 48.0 Å². The van der Waals surface area contributed by atoms with Crippen molar-refractivity contribution in [1.29, 1.82) is 5.26 Å². The van der Waals surface area contributed by atoms with Crippen molar-refractivity contribution in [1.82, 2.24) is 15.1 Å². The number of piperazine rings is 1. The molecule has 2 unspecified atom stereocenters. The van der Waals surface area contributed by atoms with Crippen molar-refractivity contribution in [3.05, 3.63) is 64.2 Å². The topological polar surface area (TPSA) is 112 Å². The third-order valence-electron chi connectivity index (χ3n) is 8.76. The first-order valence-corrected chi connectivity index (χ1v) is 14.8. The van der Waals surface area contributed by atoms with E-state index in [4.69, 9.17) is 27.3 Å². The lowest BCUT2D eigenvalue weighted by Crippen LogP contribution is -2.74. The maximum atomic E-state index is 14.8. The van der Waals surface area contributed by atoms with Crippen LogP contribution in [0, 0.1) is 22.2 Å². The van der Waals surface area contributed by atoms with Crippen LogP contribution in [-0.2, 0) is 11.2 Å². The number of primary amides is 1. The Kier molecular flexibility index (Phi) is 9.51. The zero-order chi connectivity index (χ0) is 30.8. The zero-order valence-corrected chi connectivity index (χ0v) is 25.7. The Bertz CT molecular complexity index is 1310. The number of halogens is 2. The first kappa shape index (κ1) is 31.7. The second-order valence-electron chi connectivity index (χ2n) is 12.8. The maximum Gasteiger partial charge on any atom is 0.251 e. The van der Waals surface area contributed by atoms with Crippen LogP contribution in [0.4, 0.5) is 4.39 Å². The molecule has 2 amide bonds. The summed E-state index contributed by atoms with van der Waals surface area (Å²) in [5, 5.41) is 12.7. The molecular weight excluding hydrogens is 557 g/mol. The van der Waals surface area contributed by atoms with Gasteiger partial charge in [-0.05, 0) is 49.6 Å². The molecule has 1 saturated carbocycles. The Balaban J connectivity index is 1.29. The number of nitrogens with one attached hydrogen (secondary N) is 1. The van der Waals surface area contributed by atoms with Gasteiger partial charge in [-0.3, -0.25) is 19.4 Å². The van der Waals surface area contributed by atoms with Gasteiger partial charge in [0.05, 0.1) is 17.1 Å². The third-order valence-corrected chi connectivity index (χ3v) is 9.08. The van der Waals surface area contributed by atoms with Gasteiger partial charge in [-0.25, -0.2) is 4.39 Å². The van der Waals surface area contributed by atoms with Gasteiger partial charge in [-0.15, -0.1) is 0 Å². The van der Waals surface area contributed by atoms with E-state index in [0.29, 0.717) is 35.0 Å². The smallest absolute Gasteiger partial charge is 0.251 e. The molecule has 8 nitrogen and oxygen atoms in total. The third kappa shape index (κ3) is 6.72. The molecular formula is C32H41ClFN5O3. The summed E-state index contributed by atoms with van der Waals surface area (Å²) < 4.78 is 21.1. The van der Waals surface area contributed by atoms with Crippen molar-refractivity contribution in [2.24, 2.45) is 16.6 Å². The van der Waals surface area contributed by atoms with Crippen LogP contribution in [0.1, 0.15) is 62.5 Å². The highest BCUT2D eigenvalue weighted by Crippen LogP contribution is 2.55. The van der Waals surface area contributed by atoms with E-state index in [1.54, 1.807) is 23.1 Å². The van der Waals surface area contributed by atoms with E-state index in [1.807, 2.05) is 36.1 Å². The summed E-state index contributed by atoms with van der Waals surface area (Å²) >= 11 is 6.20. The van der Waals surface area contributed by atoms with Crippen molar-refractivity contribution >= 4 is 23.4 Å². The molecule has 0 bridgehead atoms. The predicted octanol–water partition coefficient (Wildman–Crippen LogP) is 4.54. The second-order valence-corrected chi connectivity index (χ2v) is 13.2. The van der Waals surface area contributed by atoms with Crippen LogP contribution in [0.25, 0.3) is 0 Å². The Morgan fingerprint density at radius 2 is 1.81 bits per heavy atom. The molecule has 3 N–H and O–H groups in total. The number of rotatable bonds is 10. The predicted molar refractivity (Wildman–Crippen MR) is 161 cm³/mol. The fraction of sp³-hybridized carbons (Fsp3) is 0.531. The molecule has 2 aromatic rings. The van der Waals surface area contributed by atoms with Gasteiger partial charge in [0.1, 0.15) is 17.9 Å². The van der Waals surface area contributed by atoms with Crippen LogP contribution in [0.5, 0.6) is 5.75 Å². The molecule has 1 aliphatic heterocycles. The largest absolute Gasteiger partial charge is 0.489 e. The van der Waals surface area contributed by atoms with Crippen LogP contribution in [0.2, 0.25) is 5.02 Å². The number of nitrogens with zero attached hydrogens (tertiary/aromatic N) is 3. The van der Waals surface area contributed by atoms with Crippen molar-refractivity contribution in [2.75, 3.05) is 26.2 Å². The van der Waals surface area contributed by atoms with Crippen LogP contribution in [0.15, 0.2) is 42.5 Å². The summed E-state index contributed by atoms with van der Waals surface area (Å²) in [7, 11) is 0. The molecule has 1 heterocycles. The Morgan fingerprint density at radius 3 is 2.38 bits per heavy atom. The van der Waals surface area contributed by atoms with Gasteiger partial charge in [-0.1, -0.05) is 51.4 Å². The van der Waals surface area contributed by atoms with E-state index in [0.717, 1.165) is 18.4 Å². The lowest BCUT2D eigenvalue weighted by Gasteiger charge is -2.63. The molecule has 2 aliphatic rings. The van der Waals surface area contributed by atoms with Gasteiger partial charge in [0.25, 0.3) is 5.91 Å². The molecule has 0 radical (unpaired) electrons. The molecule has 2 atom stereocenters. The Hall–Kier alpha value is -3.19. The number of nitrogens with two attached hydrogens (primary N) is 1. The van der Waals surface area contributed by atoms with Crippen molar-refractivity contribution in [3.63, 3.8) is 0 Å². The summed E-state index contributed by atoms with van der Waals surface area (Å²) in [5.74, 6) is 0.00610. The lowest BCUT2D eigenvalue weighted by molar-refractivity contribution is -0.164. The number of carbonyl (C=O) groups excluding carboxylic acids is 2. The van der Waals surface area contributed by atoms with Gasteiger partial charge < -0.3 is 15.8 Å². The lowest BCUT2D eigenvalue weighted by atomic mass is 9.49. The molecule has 1 saturated heterocycles. The van der Waals surface area contributed by atoms with Crippen LogP contribution in [-0.4, -0.2) is 72.3 Å². The fourth-order valence-corrected chi connectivity index (χ4v) is 7.17. The summed E-state index contributed by atoms with van der Waals surface area (Å²) in [6.07, 6.45) is 0.234. The van der Waals surface area contributed by atoms with Crippen molar-refractivity contribution < 1.29 is 18.7 Å². The minimum atomic E-state index is -1.13. The Labute approximate surface area is 252 Å². The number of amides is 2. The quantitative estimate of drug-likeness (QED) is 0.389. The molecule has 0 aromatic heterocycles. The number of ether oxygens (including phenoxy) is 1. The van der Waals surface area contributed by atoms with E-state index >= 15 is 0 Å². The van der Waals surface area contributed by atoms with Crippen LogP contribution < -0.4 is 15.8 Å². The van der Waals surface area contributed by atoms with E-state index in [1.165, 1.54) is 0 Å². The van der Waals surface area contributed by atoms with E-state index in [9.17, 15) is 14.0 Å². The van der Waals surface area contributed by atoms with E-state index < -0.39 is 12.2 Å². The number of alkyl halides is 1. The number of carbonyl (C=O) groups is 2. The standard InChI is InChI=1S/C32H41ClFN5O3/c1-20-17-38(19-27(36)40)18-26(34)39(20)14-6-7-21-8-10-22(11-9-21)28(41)37-29-31(2,3)30(32(29,4)5)42-24-13-12-23(16-35)25(33)15-24/h8-13,15,20,26,29-30H,6-7,14,17-19H2,1-5H3,(H2,36,40)(H,37,41). The minimum absolute atomic E-state index is 0.00825. The highest BCUT2D eigenvalue weighted by Gasteiger charge is 2.64. The molecule has 2 aromatic carbocycles. The van der Waals surface area contributed by atoms with Crippen molar-refractivity contribution in [2.45, 2.75) is 71.9 Å². The molecule has 4 rings (SSSR count). The highest BCUT2D eigenvalue weighted by molar-refractivity contribution is 6.31. The van der Waals surface area contributed by atoms with E-state index in [2.05, 4.69) is 39.1 Å². The van der Waals surface area contributed by atoms with Crippen LogP contribution in [0.3, 0.4) is 0 Å². The van der Waals surface area contributed by atoms with Gasteiger partial charge in [0.2, 0.25) is 5.91 Å². The molecule has 42 heavy (non-hydrogen) atoms. The summed E-state index contributed by atoms with van der Waals surface area (Å²) in [5.41, 5.74) is 6.62. The number of aryl methyl sites for hydroxylation is 1. The number of nitriles is 1. The molecule has 2 fully saturated rings. The minimum Gasteiger partial charge on any atom is -0.489 e. The maximum absolute atomic E-state index is 14.8. The van der Waals surface area contributed by atoms with Gasteiger partial charge in [0, 0.05) is 54.2 Å². The summed E-state index contributed by atoms with van der Waals surface area (Å²) in [6, 6.07) is 14.5. The number of hydrogen-bond acceptors (Lipinski definition) is 6. The normalized spacial score (nSPS) is 25.2. The monoisotopic (exact) mass is 597 g/mol. The van der Waals surface area contributed by atoms with Gasteiger partial charge in [0.15, 0.2) is 6.30 Å². The fourth-order valence-electron chi connectivity index (χ4n) is 6.96. The number of hydrogen-bond donors (Lipinski definition) is 2. The van der Waals surface area contributed by atoms with Crippen molar-refractivity contribution in [3.8, 4) is 11.8 Å². The molecule has 0 spiro atoms. The molecule has 226 valence electrons. The highest BCUT2D eigenvalue weighted by atomic mass is 35.5. The SMILES string of the molecule is CC1CN(CC(N)=O)CC(F)N1CCCc1ccc(C(=O)NC2C(C)(C)C(Oc3ccc(C#N)c(Cl)c3)C2(C)C)cc1. The molecule has 10 heteroatoms. The zero-order valence-electron chi connectivity index (χ0n) is 25.0. The van der Waals surface area contributed by atoms with Crippen LogP contribution >= 0.6 is 11.6 Å². The summed E-state index contributed by atoms with van der Waals surface area (Å²) in [6.45, 7) is 11.7. The Morgan fingerprint density at radius 1 is 1.14 bits per heavy atom. The molecule has 1 aliphatic carbocycles. The second kappa shape index (κ2) is 12.6. The van der Waals surface area contributed by atoms with Gasteiger partial charge >= 0.3 is 0 Å². The number of benzene rings is 2. The van der Waals surface area contributed by atoms with Gasteiger partial charge in [-0.2, -0.15) is 5.26 Å². The average Bonchev–Trinajstić information content (AvgIpc) is 2.91. The first-order valence-electron chi connectivity index (χ1n) is 14.4. The average molecular weight is 598 g/mol. The first-order chi connectivity index (χ1) is 19.7.